The van der Waals surface area contributed by atoms with Gasteiger partial charge in [0.25, 0.3) is 0 Å². The van der Waals surface area contributed by atoms with Crippen molar-refractivity contribution >= 4 is 40.1 Å². The minimum Gasteiger partial charge on any atom is -0.345 e. The molecular formula is C24H19F3N6O. The molecule has 2 amide bonds. The van der Waals surface area contributed by atoms with Gasteiger partial charge < -0.3 is 5.32 Å². The number of anilines is 4. The first-order valence-corrected chi connectivity index (χ1v) is 10.5. The number of pyridine rings is 1. The van der Waals surface area contributed by atoms with Crippen molar-refractivity contribution in [1.82, 2.24) is 15.0 Å². The first-order chi connectivity index (χ1) is 16.3. The number of aromatic nitrogens is 3. The number of nitrogens with zero attached hydrogens (tertiary/aromatic N) is 5. The van der Waals surface area contributed by atoms with Crippen LogP contribution < -0.4 is 15.1 Å². The van der Waals surface area contributed by atoms with E-state index in [1.54, 1.807) is 35.4 Å². The Morgan fingerprint density at radius 2 is 1.79 bits per heavy atom. The molecule has 0 radical (unpaired) electrons. The SMILES string of the molecule is Cc1ccc(N2Cc3cnc(NCC(F)(F)F)nc3N(c3ccc4ncccc4c3)C2=O)cc1. The van der Waals surface area contributed by atoms with Gasteiger partial charge in [0, 0.05) is 29.0 Å². The summed E-state index contributed by atoms with van der Waals surface area (Å²) in [5.74, 6) is 0.0244. The van der Waals surface area contributed by atoms with E-state index >= 15 is 0 Å². The number of carbonyl (C=O) groups excluding carboxylic acids is 1. The van der Waals surface area contributed by atoms with Gasteiger partial charge in [0.15, 0.2) is 5.82 Å². The fraction of sp³-hybridized carbons (Fsp3) is 0.167. The van der Waals surface area contributed by atoms with Gasteiger partial charge in [0.05, 0.1) is 17.7 Å². The summed E-state index contributed by atoms with van der Waals surface area (Å²) in [6.45, 7) is 0.856. The molecule has 0 atom stereocenters. The van der Waals surface area contributed by atoms with Gasteiger partial charge in [-0.25, -0.2) is 14.7 Å². The average Bonchev–Trinajstić information content (AvgIpc) is 2.82. The lowest BCUT2D eigenvalue weighted by Gasteiger charge is -2.36. The molecule has 1 aliphatic rings. The largest absolute Gasteiger partial charge is 0.405 e. The highest BCUT2D eigenvalue weighted by Crippen LogP contribution is 2.37. The molecule has 0 spiro atoms. The highest BCUT2D eigenvalue weighted by atomic mass is 19.4. The lowest BCUT2D eigenvalue weighted by molar-refractivity contribution is -0.115. The van der Waals surface area contributed by atoms with E-state index in [-0.39, 0.29) is 24.3 Å². The third-order valence-electron chi connectivity index (χ3n) is 5.44. The summed E-state index contributed by atoms with van der Waals surface area (Å²) in [7, 11) is 0. The van der Waals surface area contributed by atoms with Gasteiger partial charge in [-0.2, -0.15) is 18.2 Å². The van der Waals surface area contributed by atoms with Crippen LogP contribution >= 0.6 is 0 Å². The lowest BCUT2D eigenvalue weighted by atomic mass is 10.1. The maximum absolute atomic E-state index is 13.7. The number of alkyl halides is 3. The Morgan fingerprint density at radius 3 is 2.56 bits per heavy atom. The van der Waals surface area contributed by atoms with Gasteiger partial charge in [0.1, 0.15) is 6.54 Å². The second-order valence-corrected chi connectivity index (χ2v) is 7.93. The fourth-order valence-corrected chi connectivity index (χ4v) is 3.78. The minimum atomic E-state index is -4.43. The average molecular weight is 464 g/mol. The van der Waals surface area contributed by atoms with Gasteiger partial charge >= 0.3 is 12.2 Å². The quantitative estimate of drug-likeness (QED) is 0.427. The summed E-state index contributed by atoms with van der Waals surface area (Å²) in [6.07, 6.45) is -1.30. The van der Waals surface area contributed by atoms with Crippen LogP contribution in [-0.2, 0) is 6.54 Å². The molecule has 172 valence electrons. The molecule has 1 aliphatic heterocycles. The number of carbonyl (C=O) groups is 1. The number of rotatable bonds is 4. The monoisotopic (exact) mass is 464 g/mol. The molecule has 0 aliphatic carbocycles. The minimum absolute atomic E-state index is 0.183. The number of amides is 2. The third kappa shape index (κ3) is 4.21. The molecule has 5 rings (SSSR count). The van der Waals surface area contributed by atoms with Crippen LogP contribution in [0, 0.1) is 6.92 Å². The molecule has 0 unspecified atom stereocenters. The second kappa shape index (κ2) is 8.29. The molecule has 34 heavy (non-hydrogen) atoms. The summed E-state index contributed by atoms with van der Waals surface area (Å²) >= 11 is 0. The van der Waals surface area contributed by atoms with Gasteiger partial charge in [-0.15, -0.1) is 0 Å². The first-order valence-electron chi connectivity index (χ1n) is 10.5. The van der Waals surface area contributed by atoms with Gasteiger partial charge in [-0.1, -0.05) is 23.8 Å². The first kappa shape index (κ1) is 21.6. The van der Waals surface area contributed by atoms with Crippen LogP contribution in [-0.4, -0.2) is 33.7 Å². The van der Waals surface area contributed by atoms with E-state index < -0.39 is 12.7 Å². The Labute approximate surface area is 192 Å². The second-order valence-electron chi connectivity index (χ2n) is 7.93. The number of hydrogen-bond donors (Lipinski definition) is 1. The van der Waals surface area contributed by atoms with Crippen molar-refractivity contribution in [1.29, 1.82) is 0 Å². The van der Waals surface area contributed by atoms with Crippen LogP contribution in [0.25, 0.3) is 10.9 Å². The molecule has 3 heterocycles. The summed E-state index contributed by atoms with van der Waals surface area (Å²) in [6, 6.07) is 16.1. The van der Waals surface area contributed by atoms with Crippen molar-refractivity contribution in [2.75, 3.05) is 21.7 Å². The number of hydrogen-bond acceptors (Lipinski definition) is 5. The van der Waals surface area contributed by atoms with E-state index in [0.717, 1.165) is 16.5 Å². The van der Waals surface area contributed by atoms with Crippen molar-refractivity contribution in [2.24, 2.45) is 0 Å². The zero-order chi connectivity index (χ0) is 23.9. The Balaban J connectivity index is 1.61. The summed E-state index contributed by atoms with van der Waals surface area (Å²) in [5, 5.41) is 3.00. The Morgan fingerprint density at radius 1 is 1.03 bits per heavy atom. The van der Waals surface area contributed by atoms with Crippen molar-refractivity contribution in [3.05, 3.63) is 78.1 Å². The van der Waals surface area contributed by atoms with Crippen molar-refractivity contribution in [3.63, 3.8) is 0 Å². The number of fused-ring (bicyclic) bond motifs is 2. The van der Waals surface area contributed by atoms with E-state index in [0.29, 0.717) is 16.9 Å². The molecular weight excluding hydrogens is 445 g/mol. The van der Waals surface area contributed by atoms with Crippen LogP contribution in [0.5, 0.6) is 0 Å². The zero-order valence-electron chi connectivity index (χ0n) is 18.0. The van der Waals surface area contributed by atoms with E-state index in [4.69, 9.17) is 0 Å². The van der Waals surface area contributed by atoms with Gasteiger partial charge in [-0.3, -0.25) is 9.88 Å². The third-order valence-corrected chi connectivity index (χ3v) is 5.44. The Kier molecular flexibility index (Phi) is 5.27. The molecule has 2 aromatic carbocycles. The zero-order valence-corrected chi connectivity index (χ0v) is 18.0. The Hall–Kier alpha value is -4.21. The molecule has 0 bridgehead atoms. The molecule has 0 saturated carbocycles. The molecule has 2 aromatic heterocycles. The van der Waals surface area contributed by atoms with Crippen LogP contribution in [0.3, 0.4) is 0 Å². The molecule has 0 fully saturated rings. The summed E-state index contributed by atoms with van der Waals surface area (Å²) < 4.78 is 38.1. The van der Waals surface area contributed by atoms with Crippen molar-refractivity contribution in [3.8, 4) is 0 Å². The molecule has 7 nitrogen and oxygen atoms in total. The number of benzene rings is 2. The normalized spacial score (nSPS) is 13.8. The highest BCUT2D eigenvalue weighted by Gasteiger charge is 2.35. The van der Waals surface area contributed by atoms with E-state index in [1.807, 2.05) is 37.3 Å². The molecule has 10 heteroatoms. The lowest BCUT2D eigenvalue weighted by Crippen LogP contribution is -2.45. The van der Waals surface area contributed by atoms with Crippen LogP contribution in [0.1, 0.15) is 11.1 Å². The van der Waals surface area contributed by atoms with Crippen molar-refractivity contribution in [2.45, 2.75) is 19.6 Å². The Bertz CT molecular complexity index is 1370. The van der Waals surface area contributed by atoms with Gasteiger partial charge in [0.2, 0.25) is 5.95 Å². The maximum Gasteiger partial charge on any atom is 0.405 e. The van der Waals surface area contributed by atoms with E-state index in [2.05, 4.69) is 20.3 Å². The standard InChI is InChI=1S/C24H19F3N6O/c1-15-4-6-18(7-5-15)32-13-17-12-29-22(30-14-24(25,26)27)31-21(17)33(23(32)34)19-8-9-20-16(11-19)3-2-10-28-20/h2-12H,13-14H2,1H3,(H,29,30,31). The van der Waals surface area contributed by atoms with Gasteiger partial charge in [-0.05, 0) is 43.3 Å². The maximum atomic E-state index is 13.7. The number of aryl methyl sites for hydroxylation is 1. The molecule has 1 N–H and O–H groups in total. The summed E-state index contributed by atoms with van der Waals surface area (Å²) in [5.41, 5.74) is 3.61. The highest BCUT2D eigenvalue weighted by molar-refractivity contribution is 6.11. The van der Waals surface area contributed by atoms with Crippen LogP contribution in [0.4, 0.5) is 41.1 Å². The van der Waals surface area contributed by atoms with E-state index in [1.165, 1.54) is 11.1 Å². The number of urea groups is 1. The van der Waals surface area contributed by atoms with Crippen molar-refractivity contribution < 1.29 is 18.0 Å². The molecule has 0 saturated heterocycles. The predicted molar refractivity (Wildman–Crippen MR) is 123 cm³/mol. The van der Waals surface area contributed by atoms with Crippen LogP contribution in [0.2, 0.25) is 0 Å². The smallest absolute Gasteiger partial charge is 0.345 e. The molecule has 4 aromatic rings. The fourth-order valence-electron chi connectivity index (χ4n) is 3.78. The number of halogens is 3. The number of nitrogens with one attached hydrogen (secondary N) is 1. The summed E-state index contributed by atoms with van der Waals surface area (Å²) in [4.78, 5) is 29.3. The topological polar surface area (TPSA) is 74.2 Å². The van der Waals surface area contributed by atoms with E-state index in [9.17, 15) is 18.0 Å². The van der Waals surface area contributed by atoms with Crippen LogP contribution in [0.15, 0.2) is 67.0 Å². The predicted octanol–water partition coefficient (Wildman–Crippen LogP) is 5.59.